The summed E-state index contributed by atoms with van der Waals surface area (Å²) in [6, 6.07) is 3.43. The van der Waals surface area contributed by atoms with E-state index < -0.39 is 29.1 Å². The SMILES string of the molecule is Cl.NC1=N[C@@]2(c3ccc(F)cc3F)CO[C@@H](C3CC3)C[C@H]2[C@@H](CF)S1. The normalized spacial score (nSPS) is 34.7. The third kappa shape index (κ3) is 3.26. The third-order valence-electron chi connectivity index (χ3n) is 5.35. The van der Waals surface area contributed by atoms with Crippen LogP contribution in [0.5, 0.6) is 0 Å². The van der Waals surface area contributed by atoms with Crippen LogP contribution in [0.25, 0.3) is 0 Å². The second-order valence-electron chi connectivity index (χ2n) is 6.84. The molecule has 0 bridgehead atoms. The number of rotatable bonds is 3. The van der Waals surface area contributed by atoms with Gasteiger partial charge in [-0.25, -0.2) is 18.2 Å². The van der Waals surface area contributed by atoms with Gasteiger partial charge in [0.2, 0.25) is 0 Å². The highest BCUT2D eigenvalue weighted by Gasteiger charge is 2.54. The molecule has 8 heteroatoms. The molecule has 4 atom stereocenters. The van der Waals surface area contributed by atoms with Crippen molar-refractivity contribution in [1.82, 2.24) is 0 Å². The minimum absolute atomic E-state index is 0. The van der Waals surface area contributed by atoms with Crippen LogP contribution >= 0.6 is 24.2 Å². The van der Waals surface area contributed by atoms with Crippen LogP contribution in [0.4, 0.5) is 13.2 Å². The van der Waals surface area contributed by atoms with Gasteiger partial charge < -0.3 is 10.5 Å². The van der Waals surface area contributed by atoms with Crippen molar-refractivity contribution in [1.29, 1.82) is 0 Å². The maximum atomic E-state index is 14.5. The average Bonchev–Trinajstić information content (AvgIpc) is 3.38. The molecular weight excluding hydrogens is 373 g/mol. The first-order valence-electron chi connectivity index (χ1n) is 8.18. The molecule has 1 aromatic carbocycles. The van der Waals surface area contributed by atoms with E-state index in [0.717, 1.165) is 18.9 Å². The lowest BCUT2D eigenvalue weighted by Crippen LogP contribution is -2.54. The van der Waals surface area contributed by atoms with Crippen molar-refractivity contribution in [3.05, 3.63) is 35.4 Å². The number of nitrogens with two attached hydrogens (primary N) is 1. The Kier molecular flexibility index (Phi) is 5.28. The van der Waals surface area contributed by atoms with Gasteiger partial charge in [-0.2, -0.15) is 0 Å². The fourth-order valence-corrected chi connectivity index (χ4v) is 5.09. The highest BCUT2D eigenvalue weighted by atomic mass is 35.5. The van der Waals surface area contributed by atoms with E-state index in [1.54, 1.807) is 0 Å². The Morgan fingerprint density at radius 1 is 1.32 bits per heavy atom. The van der Waals surface area contributed by atoms with E-state index in [9.17, 15) is 13.2 Å². The molecule has 2 heterocycles. The number of nitrogens with zero attached hydrogens (tertiary/aromatic N) is 1. The zero-order valence-electron chi connectivity index (χ0n) is 13.5. The molecule has 3 aliphatic rings. The maximum Gasteiger partial charge on any atom is 0.155 e. The first-order chi connectivity index (χ1) is 11.5. The van der Waals surface area contributed by atoms with Gasteiger partial charge in [-0.15, -0.1) is 12.4 Å². The summed E-state index contributed by atoms with van der Waals surface area (Å²) in [5.41, 5.74) is 5.08. The Labute approximate surface area is 155 Å². The van der Waals surface area contributed by atoms with Crippen molar-refractivity contribution in [2.75, 3.05) is 13.3 Å². The summed E-state index contributed by atoms with van der Waals surface area (Å²) in [5, 5.41) is -0.164. The Morgan fingerprint density at radius 3 is 2.72 bits per heavy atom. The first kappa shape index (κ1) is 18.9. The Balaban J connectivity index is 0.00000182. The molecule has 1 saturated carbocycles. The summed E-state index contributed by atoms with van der Waals surface area (Å²) in [6.07, 6.45) is 2.93. The molecular formula is C17H20ClF3N2OS. The maximum absolute atomic E-state index is 14.5. The Morgan fingerprint density at radius 2 is 2.08 bits per heavy atom. The van der Waals surface area contributed by atoms with Crippen molar-refractivity contribution in [2.24, 2.45) is 22.6 Å². The molecule has 2 aliphatic heterocycles. The molecule has 0 radical (unpaired) electrons. The molecule has 138 valence electrons. The monoisotopic (exact) mass is 392 g/mol. The summed E-state index contributed by atoms with van der Waals surface area (Å²) in [4.78, 5) is 4.51. The largest absolute Gasteiger partial charge is 0.379 e. The van der Waals surface area contributed by atoms with Gasteiger partial charge in [0, 0.05) is 22.8 Å². The molecule has 0 aromatic heterocycles. The predicted molar refractivity (Wildman–Crippen MR) is 94.8 cm³/mol. The van der Waals surface area contributed by atoms with Crippen molar-refractivity contribution < 1.29 is 17.9 Å². The first-order valence-corrected chi connectivity index (χ1v) is 9.06. The topological polar surface area (TPSA) is 47.6 Å². The fourth-order valence-electron chi connectivity index (χ4n) is 4.00. The van der Waals surface area contributed by atoms with E-state index in [-0.39, 0.29) is 41.8 Å². The van der Waals surface area contributed by atoms with Gasteiger partial charge in [-0.1, -0.05) is 17.8 Å². The minimum atomic E-state index is -1.07. The van der Waals surface area contributed by atoms with Gasteiger partial charge in [0.15, 0.2) is 5.17 Å². The molecule has 1 aromatic rings. The highest BCUT2D eigenvalue weighted by Crippen LogP contribution is 2.52. The lowest BCUT2D eigenvalue weighted by Gasteiger charge is -2.49. The summed E-state index contributed by atoms with van der Waals surface area (Å²) < 4.78 is 47.5. The zero-order chi connectivity index (χ0) is 16.9. The summed E-state index contributed by atoms with van der Waals surface area (Å²) >= 11 is 1.21. The second kappa shape index (κ2) is 7.00. The van der Waals surface area contributed by atoms with E-state index in [2.05, 4.69) is 4.99 Å². The predicted octanol–water partition coefficient (Wildman–Crippen LogP) is 3.80. The number of thioether (sulfide) groups is 1. The van der Waals surface area contributed by atoms with Crippen LogP contribution in [0.2, 0.25) is 0 Å². The van der Waals surface area contributed by atoms with Gasteiger partial charge in [0.25, 0.3) is 0 Å². The van der Waals surface area contributed by atoms with Crippen LogP contribution in [0.3, 0.4) is 0 Å². The fraction of sp³-hybridized carbons (Fsp3) is 0.588. The van der Waals surface area contributed by atoms with E-state index in [1.165, 1.54) is 23.9 Å². The molecule has 2 fully saturated rings. The van der Waals surface area contributed by atoms with Gasteiger partial charge in [0.1, 0.15) is 23.8 Å². The smallest absolute Gasteiger partial charge is 0.155 e. The van der Waals surface area contributed by atoms with Crippen LogP contribution in [0.15, 0.2) is 23.2 Å². The summed E-state index contributed by atoms with van der Waals surface area (Å²) in [6.45, 7) is -0.410. The number of hydrogen-bond donors (Lipinski definition) is 1. The summed E-state index contributed by atoms with van der Waals surface area (Å²) in [7, 11) is 0. The molecule has 1 saturated heterocycles. The third-order valence-corrected chi connectivity index (χ3v) is 6.44. The molecule has 4 rings (SSSR count). The minimum Gasteiger partial charge on any atom is -0.379 e. The van der Waals surface area contributed by atoms with E-state index in [4.69, 9.17) is 10.5 Å². The van der Waals surface area contributed by atoms with Gasteiger partial charge in [-0.05, 0) is 31.2 Å². The number of ether oxygens (including phenoxy) is 1. The van der Waals surface area contributed by atoms with Crippen molar-refractivity contribution in [3.8, 4) is 0 Å². The van der Waals surface area contributed by atoms with Crippen LogP contribution in [-0.4, -0.2) is 29.8 Å². The standard InChI is InChI=1S/C17H19F3N2OS.ClH/c18-7-15-12-6-14(9-1-2-9)23-8-17(12,22-16(21)24-15)11-4-3-10(19)5-13(11)20;/h3-5,9,12,14-15H,1-2,6-8H2,(H2,21,22);1H/t12-,14+,15+,17+;/m0./s1. The van der Waals surface area contributed by atoms with Gasteiger partial charge in [0.05, 0.1) is 12.7 Å². The molecule has 25 heavy (non-hydrogen) atoms. The van der Waals surface area contributed by atoms with Crippen molar-refractivity contribution >= 4 is 29.3 Å². The number of hydrogen-bond acceptors (Lipinski definition) is 4. The molecule has 0 spiro atoms. The van der Waals surface area contributed by atoms with Crippen LogP contribution in [-0.2, 0) is 10.3 Å². The van der Waals surface area contributed by atoms with Crippen molar-refractivity contribution in [2.45, 2.75) is 36.2 Å². The quantitative estimate of drug-likeness (QED) is 0.851. The second-order valence-corrected chi connectivity index (χ2v) is 8.10. The highest BCUT2D eigenvalue weighted by molar-refractivity contribution is 8.14. The van der Waals surface area contributed by atoms with Crippen LogP contribution in [0, 0.1) is 23.5 Å². The lowest BCUT2D eigenvalue weighted by atomic mass is 9.72. The molecule has 0 amide bonds. The lowest BCUT2D eigenvalue weighted by molar-refractivity contribution is -0.0736. The average molecular weight is 393 g/mol. The van der Waals surface area contributed by atoms with E-state index in [1.807, 2.05) is 0 Å². The molecule has 2 N–H and O–H groups in total. The number of benzene rings is 1. The number of alkyl halides is 1. The van der Waals surface area contributed by atoms with Crippen LogP contribution < -0.4 is 5.73 Å². The Bertz CT molecular complexity index is 688. The number of aliphatic imine (C=N–C) groups is 1. The van der Waals surface area contributed by atoms with E-state index >= 15 is 0 Å². The number of amidine groups is 1. The van der Waals surface area contributed by atoms with Gasteiger partial charge >= 0.3 is 0 Å². The zero-order valence-corrected chi connectivity index (χ0v) is 15.1. The Hall–Kier alpha value is -0.920. The number of halogens is 4. The molecule has 1 aliphatic carbocycles. The van der Waals surface area contributed by atoms with Crippen molar-refractivity contribution in [3.63, 3.8) is 0 Å². The van der Waals surface area contributed by atoms with Gasteiger partial charge in [-0.3, -0.25) is 0 Å². The molecule has 0 unspecified atom stereocenters. The summed E-state index contributed by atoms with van der Waals surface area (Å²) in [5.74, 6) is -1.05. The van der Waals surface area contributed by atoms with Crippen LogP contribution in [0.1, 0.15) is 24.8 Å². The van der Waals surface area contributed by atoms with E-state index in [0.29, 0.717) is 12.3 Å². The number of fused-ring (bicyclic) bond motifs is 1. The molecule has 3 nitrogen and oxygen atoms in total.